The van der Waals surface area contributed by atoms with Gasteiger partial charge in [0.15, 0.2) is 0 Å². The van der Waals surface area contributed by atoms with E-state index in [-0.39, 0.29) is 0 Å². The second kappa shape index (κ2) is 5.55. The molecule has 0 fully saturated rings. The Kier molecular flexibility index (Phi) is 4.04. The zero-order chi connectivity index (χ0) is 13.1. The second-order valence-electron chi connectivity index (χ2n) is 4.32. The zero-order valence-corrected chi connectivity index (χ0v) is 12.1. The molecule has 2 nitrogen and oxygen atoms in total. The van der Waals surface area contributed by atoms with Gasteiger partial charge in [-0.1, -0.05) is 28.1 Å². The monoisotopic (exact) mass is 305 g/mol. The fraction of sp³-hybridized carbons (Fsp3) is 0.200. The van der Waals surface area contributed by atoms with Gasteiger partial charge >= 0.3 is 0 Å². The van der Waals surface area contributed by atoms with Crippen LogP contribution >= 0.6 is 15.9 Å². The molecule has 0 unspecified atom stereocenters. The van der Waals surface area contributed by atoms with Gasteiger partial charge in [-0.05, 0) is 54.8 Å². The SMILES string of the molecule is Cc1cc(Oc2cccc(CN)c2)cc(C)c1Br. The van der Waals surface area contributed by atoms with Gasteiger partial charge < -0.3 is 10.5 Å². The Labute approximate surface area is 116 Å². The number of ether oxygens (including phenoxy) is 1. The van der Waals surface area contributed by atoms with Crippen molar-refractivity contribution in [3.63, 3.8) is 0 Å². The Hall–Kier alpha value is -1.32. The summed E-state index contributed by atoms with van der Waals surface area (Å²) >= 11 is 3.55. The van der Waals surface area contributed by atoms with Crippen LogP contribution in [0.4, 0.5) is 0 Å². The van der Waals surface area contributed by atoms with Crippen molar-refractivity contribution in [3.05, 3.63) is 57.6 Å². The Morgan fingerprint density at radius 1 is 1.06 bits per heavy atom. The molecule has 3 heteroatoms. The number of hydrogen-bond acceptors (Lipinski definition) is 2. The van der Waals surface area contributed by atoms with E-state index in [1.165, 1.54) is 11.1 Å². The van der Waals surface area contributed by atoms with Crippen molar-refractivity contribution < 1.29 is 4.74 Å². The number of aryl methyl sites for hydroxylation is 2. The van der Waals surface area contributed by atoms with Gasteiger partial charge in [-0.15, -0.1) is 0 Å². The van der Waals surface area contributed by atoms with Gasteiger partial charge in [0.1, 0.15) is 11.5 Å². The fourth-order valence-electron chi connectivity index (χ4n) is 1.84. The van der Waals surface area contributed by atoms with Crippen LogP contribution in [0.3, 0.4) is 0 Å². The molecule has 2 N–H and O–H groups in total. The van der Waals surface area contributed by atoms with Crippen LogP contribution in [0.1, 0.15) is 16.7 Å². The van der Waals surface area contributed by atoms with Crippen molar-refractivity contribution in [1.82, 2.24) is 0 Å². The molecule has 0 saturated heterocycles. The topological polar surface area (TPSA) is 35.2 Å². The van der Waals surface area contributed by atoms with Crippen LogP contribution in [0.5, 0.6) is 11.5 Å². The van der Waals surface area contributed by atoms with Crippen LogP contribution < -0.4 is 10.5 Å². The van der Waals surface area contributed by atoms with E-state index in [1.807, 2.05) is 36.4 Å². The fourth-order valence-corrected chi connectivity index (χ4v) is 2.07. The maximum atomic E-state index is 5.86. The quantitative estimate of drug-likeness (QED) is 0.916. The van der Waals surface area contributed by atoms with Gasteiger partial charge in [0.05, 0.1) is 0 Å². The zero-order valence-electron chi connectivity index (χ0n) is 10.5. The molecular formula is C15H16BrNO. The lowest BCUT2D eigenvalue weighted by atomic mass is 10.1. The van der Waals surface area contributed by atoms with E-state index in [1.54, 1.807) is 0 Å². The van der Waals surface area contributed by atoms with Crippen LogP contribution in [-0.2, 0) is 6.54 Å². The standard InChI is InChI=1S/C15H16BrNO/c1-10-6-14(7-11(2)15(10)16)18-13-5-3-4-12(8-13)9-17/h3-8H,9,17H2,1-2H3. The van der Waals surface area contributed by atoms with Crippen molar-refractivity contribution in [3.8, 4) is 11.5 Å². The van der Waals surface area contributed by atoms with Gasteiger partial charge in [-0.2, -0.15) is 0 Å². The van der Waals surface area contributed by atoms with Crippen molar-refractivity contribution in [2.45, 2.75) is 20.4 Å². The maximum Gasteiger partial charge on any atom is 0.128 e. The smallest absolute Gasteiger partial charge is 0.128 e. The summed E-state index contributed by atoms with van der Waals surface area (Å²) in [5, 5.41) is 0. The predicted octanol–water partition coefficient (Wildman–Crippen LogP) is 4.32. The van der Waals surface area contributed by atoms with Crippen molar-refractivity contribution >= 4 is 15.9 Å². The number of rotatable bonds is 3. The molecule has 0 heterocycles. The summed E-state index contributed by atoms with van der Waals surface area (Å²) in [4.78, 5) is 0. The summed E-state index contributed by atoms with van der Waals surface area (Å²) < 4.78 is 6.99. The van der Waals surface area contributed by atoms with E-state index in [0.29, 0.717) is 6.54 Å². The van der Waals surface area contributed by atoms with E-state index in [4.69, 9.17) is 10.5 Å². The first kappa shape index (κ1) is 13.1. The molecule has 2 aromatic rings. The number of benzene rings is 2. The molecule has 0 aromatic heterocycles. The van der Waals surface area contributed by atoms with Crippen LogP contribution in [0, 0.1) is 13.8 Å². The largest absolute Gasteiger partial charge is 0.457 e. The van der Waals surface area contributed by atoms with Crippen LogP contribution in [-0.4, -0.2) is 0 Å². The lowest BCUT2D eigenvalue weighted by Crippen LogP contribution is -1.96. The second-order valence-corrected chi connectivity index (χ2v) is 5.12. The first-order chi connectivity index (χ1) is 8.60. The highest BCUT2D eigenvalue weighted by Gasteiger charge is 2.04. The highest BCUT2D eigenvalue weighted by Crippen LogP contribution is 2.29. The first-order valence-electron chi connectivity index (χ1n) is 5.84. The van der Waals surface area contributed by atoms with Crippen molar-refractivity contribution in [2.24, 2.45) is 5.73 Å². The molecular weight excluding hydrogens is 290 g/mol. The summed E-state index contributed by atoms with van der Waals surface area (Å²) in [7, 11) is 0. The van der Waals surface area contributed by atoms with Gasteiger partial charge in [-0.3, -0.25) is 0 Å². The molecule has 0 amide bonds. The lowest BCUT2D eigenvalue weighted by Gasteiger charge is -2.10. The summed E-state index contributed by atoms with van der Waals surface area (Å²) in [6.45, 7) is 4.64. The summed E-state index contributed by atoms with van der Waals surface area (Å²) in [5.41, 5.74) is 9.02. The van der Waals surface area contributed by atoms with Gasteiger partial charge in [0.25, 0.3) is 0 Å². The molecule has 94 valence electrons. The molecule has 2 aromatic carbocycles. The summed E-state index contributed by atoms with van der Waals surface area (Å²) in [5.74, 6) is 1.67. The number of nitrogens with two attached hydrogens (primary N) is 1. The van der Waals surface area contributed by atoms with Gasteiger partial charge in [0.2, 0.25) is 0 Å². The van der Waals surface area contributed by atoms with Crippen LogP contribution in [0.25, 0.3) is 0 Å². The van der Waals surface area contributed by atoms with Crippen molar-refractivity contribution in [1.29, 1.82) is 0 Å². The highest BCUT2D eigenvalue weighted by molar-refractivity contribution is 9.10. The number of hydrogen-bond donors (Lipinski definition) is 1. The Bertz CT molecular complexity index is 543. The highest BCUT2D eigenvalue weighted by atomic mass is 79.9. The molecule has 0 aliphatic rings. The number of halogens is 1. The lowest BCUT2D eigenvalue weighted by molar-refractivity contribution is 0.481. The first-order valence-corrected chi connectivity index (χ1v) is 6.63. The molecule has 0 saturated carbocycles. The normalized spacial score (nSPS) is 10.4. The maximum absolute atomic E-state index is 5.86. The molecule has 0 aliphatic carbocycles. The average molecular weight is 306 g/mol. The molecule has 0 radical (unpaired) electrons. The Balaban J connectivity index is 2.28. The van der Waals surface area contributed by atoms with Gasteiger partial charge in [0, 0.05) is 11.0 Å². The van der Waals surface area contributed by atoms with E-state index >= 15 is 0 Å². The van der Waals surface area contributed by atoms with E-state index in [2.05, 4.69) is 29.8 Å². The van der Waals surface area contributed by atoms with E-state index in [0.717, 1.165) is 21.5 Å². The minimum atomic E-state index is 0.523. The van der Waals surface area contributed by atoms with E-state index in [9.17, 15) is 0 Å². The molecule has 18 heavy (non-hydrogen) atoms. The molecule has 0 atom stereocenters. The molecule has 0 spiro atoms. The van der Waals surface area contributed by atoms with Crippen molar-refractivity contribution in [2.75, 3.05) is 0 Å². The third-order valence-corrected chi connectivity index (χ3v) is 4.03. The van der Waals surface area contributed by atoms with E-state index < -0.39 is 0 Å². The van der Waals surface area contributed by atoms with Crippen LogP contribution in [0.15, 0.2) is 40.9 Å². The molecule has 0 bridgehead atoms. The Morgan fingerprint density at radius 2 is 1.72 bits per heavy atom. The third-order valence-electron chi connectivity index (χ3n) is 2.78. The van der Waals surface area contributed by atoms with Gasteiger partial charge in [-0.25, -0.2) is 0 Å². The summed E-state index contributed by atoms with van der Waals surface area (Å²) in [6.07, 6.45) is 0. The minimum Gasteiger partial charge on any atom is -0.457 e. The molecule has 0 aliphatic heterocycles. The third kappa shape index (κ3) is 2.92. The Morgan fingerprint density at radius 3 is 2.33 bits per heavy atom. The average Bonchev–Trinajstić information content (AvgIpc) is 2.36. The molecule has 2 rings (SSSR count). The minimum absolute atomic E-state index is 0.523. The predicted molar refractivity (Wildman–Crippen MR) is 78.0 cm³/mol. The summed E-state index contributed by atoms with van der Waals surface area (Å²) in [6, 6.07) is 11.9. The van der Waals surface area contributed by atoms with Crippen LogP contribution in [0.2, 0.25) is 0 Å².